The van der Waals surface area contributed by atoms with Gasteiger partial charge in [-0.05, 0) is 40.2 Å². The summed E-state index contributed by atoms with van der Waals surface area (Å²) in [5, 5.41) is 0. The first-order valence-corrected chi connectivity index (χ1v) is 5.43. The normalized spacial score (nSPS) is 10.4. The molecule has 0 aromatic heterocycles. The third kappa shape index (κ3) is 2.79. The molecule has 0 aliphatic rings. The molecule has 0 amide bonds. The second-order valence-electron chi connectivity index (χ2n) is 3.26. The molecule has 0 unspecified atom stereocenters. The van der Waals surface area contributed by atoms with E-state index >= 15 is 0 Å². The summed E-state index contributed by atoms with van der Waals surface area (Å²) in [6, 6.07) is 7.20. The summed E-state index contributed by atoms with van der Waals surface area (Å²) in [6.07, 6.45) is 0. The van der Waals surface area contributed by atoms with Gasteiger partial charge in [0.2, 0.25) is 0 Å². The summed E-state index contributed by atoms with van der Waals surface area (Å²) in [5.41, 5.74) is 0. The van der Waals surface area contributed by atoms with E-state index in [9.17, 15) is 13.2 Å². The molecular weight excluding hydrogens is 297 g/mol. The number of hydrogen-bond donors (Lipinski definition) is 0. The molecule has 0 spiro atoms. The maximum atomic E-state index is 13.2. The van der Waals surface area contributed by atoms with Crippen LogP contribution in [0.5, 0.6) is 11.5 Å². The summed E-state index contributed by atoms with van der Waals surface area (Å²) in [6.45, 7) is 0. The zero-order valence-corrected chi connectivity index (χ0v) is 9.97. The first-order valence-electron chi connectivity index (χ1n) is 4.64. The van der Waals surface area contributed by atoms with Crippen LogP contribution in [-0.4, -0.2) is 0 Å². The van der Waals surface area contributed by atoms with Gasteiger partial charge >= 0.3 is 0 Å². The second kappa shape index (κ2) is 4.79. The molecule has 0 radical (unpaired) electrons. The number of halogens is 4. The topological polar surface area (TPSA) is 9.23 Å². The van der Waals surface area contributed by atoms with Crippen LogP contribution < -0.4 is 4.74 Å². The van der Waals surface area contributed by atoms with Crippen molar-refractivity contribution < 1.29 is 17.9 Å². The number of rotatable bonds is 2. The average Bonchev–Trinajstić information content (AvgIpc) is 2.29. The monoisotopic (exact) mass is 302 g/mol. The third-order valence-corrected chi connectivity index (χ3v) is 2.76. The van der Waals surface area contributed by atoms with Gasteiger partial charge in [-0.3, -0.25) is 0 Å². The Hall–Kier alpha value is -1.49. The Kier molecular flexibility index (Phi) is 3.38. The van der Waals surface area contributed by atoms with Crippen molar-refractivity contribution in [2.45, 2.75) is 0 Å². The van der Waals surface area contributed by atoms with Crippen molar-refractivity contribution in [2.24, 2.45) is 0 Å². The van der Waals surface area contributed by atoms with Gasteiger partial charge in [0.15, 0.2) is 0 Å². The van der Waals surface area contributed by atoms with Crippen LogP contribution in [0.15, 0.2) is 40.9 Å². The molecule has 2 aromatic carbocycles. The fourth-order valence-corrected chi connectivity index (χ4v) is 1.46. The summed E-state index contributed by atoms with van der Waals surface area (Å²) in [4.78, 5) is 0. The standard InChI is InChI=1S/C12H6BrF3O/c13-12-10(15)5-9(6-11(12)16)17-8-3-1-7(14)2-4-8/h1-6H. The first kappa shape index (κ1) is 12.0. The minimum absolute atomic E-state index is 0.00908. The van der Waals surface area contributed by atoms with E-state index in [-0.39, 0.29) is 10.2 Å². The van der Waals surface area contributed by atoms with E-state index in [2.05, 4.69) is 15.9 Å². The van der Waals surface area contributed by atoms with Crippen LogP contribution >= 0.6 is 15.9 Å². The van der Waals surface area contributed by atoms with Crippen LogP contribution in [0.4, 0.5) is 13.2 Å². The van der Waals surface area contributed by atoms with Crippen molar-refractivity contribution >= 4 is 15.9 Å². The SMILES string of the molecule is Fc1ccc(Oc2cc(F)c(Br)c(F)c2)cc1. The fraction of sp³-hybridized carbons (Fsp3) is 0. The number of hydrogen-bond acceptors (Lipinski definition) is 1. The Morgan fingerprint density at radius 3 is 1.88 bits per heavy atom. The zero-order valence-electron chi connectivity index (χ0n) is 8.38. The second-order valence-corrected chi connectivity index (χ2v) is 4.05. The van der Waals surface area contributed by atoms with Crippen molar-refractivity contribution in [3.05, 3.63) is 58.3 Å². The molecule has 5 heteroatoms. The molecule has 0 atom stereocenters. The Bertz CT molecular complexity index is 517. The maximum Gasteiger partial charge on any atom is 0.144 e. The van der Waals surface area contributed by atoms with Crippen LogP contribution in [-0.2, 0) is 0 Å². The lowest BCUT2D eigenvalue weighted by Crippen LogP contribution is -1.89. The molecule has 0 saturated carbocycles. The van der Waals surface area contributed by atoms with Gasteiger partial charge in [0, 0.05) is 12.1 Å². The molecule has 2 rings (SSSR count). The molecule has 88 valence electrons. The van der Waals surface area contributed by atoms with Gasteiger partial charge in [0.1, 0.15) is 29.0 Å². The Labute approximate surface area is 104 Å². The van der Waals surface area contributed by atoms with Crippen molar-refractivity contribution in [3.63, 3.8) is 0 Å². The molecule has 0 N–H and O–H groups in total. The Morgan fingerprint density at radius 2 is 1.35 bits per heavy atom. The van der Waals surface area contributed by atoms with E-state index < -0.39 is 17.5 Å². The van der Waals surface area contributed by atoms with Crippen LogP contribution in [0.2, 0.25) is 0 Å². The highest BCUT2D eigenvalue weighted by molar-refractivity contribution is 9.10. The van der Waals surface area contributed by atoms with Gasteiger partial charge in [-0.1, -0.05) is 0 Å². The zero-order chi connectivity index (χ0) is 12.4. The predicted octanol–water partition coefficient (Wildman–Crippen LogP) is 4.66. The molecule has 1 nitrogen and oxygen atoms in total. The highest BCUT2D eigenvalue weighted by Gasteiger charge is 2.09. The fourth-order valence-electron chi connectivity index (χ4n) is 1.23. The molecule has 17 heavy (non-hydrogen) atoms. The smallest absolute Gasteiger partial charge is 0.144 e. The Morgan fingerprint density at radius 1 is 0.824 bits per heavy atom. The van der Waals surface area contributed by atoms with Crippen molar-refractivity contribution in [1.29, 1.82) is 0 Å². The van der Waals surface area contributed by atoms with Crippen LogP contribution in [0, 0.1) is 17.5 Å². The van der Waals surface area contributed by atoms with Gasteiger partial charge in [-0.15, -0.1) is 0 Å². The van der Waals surface area contributed by atoms with E-state index in [0.717, 1.165) is 12.1 Å². The van der Waals surface area contributed by atoms with Gasteiger partial charge < -0.3 is 4.74 Å². The molecule has 0 saturated heterocycles. The van der Waals surface area contributed by atoms with Gasteiger partial charge in [0.05, 0.1) is 4.47 Å². The highest BCUT2D eigenvalue weighted by atomic mass is 79.9. The van der Waals surface area contributed by atoms with Gasteiger partial charge in [-0.2, -0.15) is 0 Å². The molecule has 0 heterocycles. The lowest BCUT2D eigenvalue weighted by molar-refractivity contribution is 0.465. The lowest BCUT2D eigenvalue weighted by Gasteiger charge is -2.06. The van der Waals surface area contributed by atoms with E-state index in [4.69, 9.17) is 4.74 Å². The maximum absolute atomic E-state index is 13.2. The quantitative estimate of drug-likeness (QED) is 0.733. The summed E-state index contributed by atoms with van der Waals surface area (Å²) < 4.78 is 43.9. The molecule has 0 bridgehead atoms. The molecule has 0 fully saturated rings. The van der Waals surface area contributed by atoms with Crippen LogP contribution in [0.3, 0.4) is 0 Å². The van der Waals surface area contributed by atoms with E-state index in [1.807, 2.05) is 0 Å². The van der Waals surface area contributed by atoms with Crippen LogP contribution in [0.25, 0.3) is 0 Å². The van der Waals surface area contributed by atoms with Crippen molar-refractivity contribution in [1.82, 2.24) is 0 Å². The molecule has 2 aromatic rings. The average molecular weight is 303 g/mol. The first-order chi connectivity index (χ1) is 8.06. The Balaban J connectivity index is 2.27. The number of ether oxygens (including phenoxy) is 1. The minimum Gasteiger partial charge on any atom is -0.457 e. The predicted molar refractivity (Wildman–Crippen MR) is 60.5 cm³/mol. The third-order valence-electron chi connectivity index (χ3n) is 2.01. The van der Waals surface area contributed by atoms with Crippen LogP contribution in [0.1, 0.15) is 0 Å². The van der Waals surface area contributed by atoms with E-state index in [0.29, 0.717) is 5.75 Å². The minimum atomic E-state index is -0.762. The highest BCUT2D eigenvalue weighted by Crippen LogP contribution is 2.28. The lowest BCUT2D eigenvalue weighted by atomic mass is 10.3. The molecule has 0 aliphatic heterocycles. The van der Waals surface area contributed by atoms with Gasteiger partial charge in [-0.25, -0.2) is 13.2 Å². The molecular formula is C12H6BrF3O. The summed E-state index contributed by atoms with van der Waals surface area (Å²) >= 11 is 2.75. The summed E-state index contributed by atoms with van der Waals surface area (Å²) in [7, 11) is 0. The molecule has 0 aliphatic carbocycles. The van der Waals surface area contributed by atoms with Crippen molar-refractivity contribution in [2.75, 3.05) is 0 Å². The van der Waals surface area contributed by atoms with Gasteiger partial charge in [0.25, 0.3) is 0 Å². The summed E-state index contributed by atoms with van der Waals surface area (Å²) in [5.74, 6) is -1.63. The van der Waals surface area contributed by atoms with E-state index in [1.54, 1.807) is 0 Å². The largest absolute Gasteiger partial charge is 0.457 e. The van der Waals surface area contributed by atoms with E-state index in [1.165, 1.54) is 24.3 Å². The number of benzene rings is 2. The van der Waals surface area contributed by atoms with Crippen molar-refractivity contribution in [3.8, 4) is 11.5 Å².